The van der Waals surface area contributed by atoms with Crippen LogP contribution in [0.15, 0.2) is 18.5 Å². The van der Waals surface area contributed by atoms with Gasteiger partial charge >= 0.3 is 0 Å². The Kier molecular flexibility index (Phi) is 3.88. The SMILES string of the molecule is CCn1cc(Nc2nc3c(cc2C(N)=S)CCCC3)cn1. The number of nitrogens with zero attached hydrogens (tertiary/aromatic N) is 3. The third-order valence-corrected chi connectivity index (χ3v) is 4.01. The Morgan fingerprint density at radius 2 is 2.24 bits per heavy atom. The molecule has 0 unspecified atom stereocenters. The minimum Gasteiger partial charge on any atom is -0.389 e. The lowest BCUT2D eigenvalue weighted by Gasteiger charge is -2.18. The first kappa shape index (κ1) is 14.0. The molecule has 2 aromatic heterocycles. The average Bonchev–Trinajstić information content (AvgIpc) is 2.94. The predicted molar refractivity (Wildman–Crippen MR) is 88.0 cm³/mol. The van der Waals surface area contributed by atoms with E-state index < -0.39 is 0 Å². The van der Waals surface area contributed by atoms with E-state index in [-0.39, 0.29) is 0 Å². The standard InChI is InChI=1S/C15H19N5S/c1-2-20-9-11(8-17-20)18-15-12(14(16)21)7-10-5-3-4-6-13(10)19-15/h7-9H,2-6H2,1H3,(H2,16,21)(H,18,19). The van der Waals surface area contributed by atoms with Crippen molar-refractivity contribution in [3.8, 4) is 0 Å². The van der Waals surface area contributed by atoms with E-state index in [1.165, 1.54) is 18.4 Å². The van der Waals surface area contributed by atoms with E-state index in [9.17, 15) is 0 Å². The quantitative estimate of drug-likeness (QED) is 0.849. The van der Waals surface area contributed by atoms with Crippen LogP contribution in [0.5, 0.6) is 0 Å². The van der Waals surface area contributed by atoms with E-state index in [2.05, 4.69) is 16.5 Å². The van der Waals surface area contributed by atoms with Crippen molar-refractivity contribution in [3.05, 3.63) is 35.3 Å². The number of aromatic nitrogens is 3. The number of aryl methyl sites for hydroxylation is 3. The Bertz CT molecular complexity index is 677. The van der Waals surface area contributed by atoms with Gasteiger partial charge in [-0.3, -0.25) is 4.68 Å². The van der Waals surface area contributed by atoms with Crippen LogP contribution in [0.4, 0.5) is 11.5 Å². The summed E-state index contributed by atoms with van der Waals surface area (Å²) in [6.07, 6.45) is 8.22. The summed E-state index contributed by atoms with van der Waals surface area (Å²) in [7, 11) is 0. The monoisotopic (exact) mass is 301 g/mol. The van der Waals surface area contributed by atoms with Gasteiger partial charge in [-0.1, -0.05) is 12.2 Å². The summed E-state index contributed by atoms with van der Waals surface area (Å²) in [5, 5.41) is 7.55. The molecule has 1 aliphatic rings. The second-order valence-corrected chi connectivity index (χ2v) is 5.71. The molecule has 0 bridgehead atoms. The van der Waals surface area contributed by atoms with Crippen LogP contribution in [0.1, 0.15) is 36.6 Å². The molecule has 1 aliphatic carbocycles. The van der Waals surface area contributed by atoms with Gasteiger partial charge in [0.05, 0.1) is 17.4 Å². The second-order valence-electron chi connectivity index (χ2n) is 5.27. The van der Waals surface area contributed by atoms with Crippen LogP contribution in [-0.2, 0) is 19.4 Å². The van der Waals surface area contributed by atoms with Crippen molar-refractivity contribution in [2.75, 3.05) is 5.32 Å². The van der Waals surface area contributed by atoms with Crippen molar-refractivity contribution in [2.24, 2.45) is 5.73 Å². The van der Waals surface area contributed by atoms with Crippen LogP contribution in [0.2, 0.25) is 0 Å². The fraction of sp³-hybridized carbons (Fsp3) is 0.400. The molecule has 0 radical (unpaired) electrons. The second kappa shape index (κ2) is 5.81. The molecule has 0 spiro atoms. The molecule has 0 fully saturated rings. The van der Waals surface area contributed by atoms with Gasteiger partial charge in [0.15, 0.2) is 0 Å². The number of nitrogens with two attached hydrogens (primary N) is 1. The molecule has 0 aliphatic heterocycles. The lowest BCUT2D eigenvalue weighted by molar-refractivity contribution is 0.660. The highest BCUT2D eigenvalue weighted by Crippen LogP contribution is 2.26. The minimum atomic E-state index is 0.376. The van der Waals surface area contributed by atoms with Crippen molar-refractivity contribution in [2.45, 2.75) is 39.2 Å². The molecule has 0 saturated carbocycles. The molecule has 0 aromatic carbocycles. The van der Waals surface area contributed by atoms with Crippen LogP contribution in [0.3, 0.4) is 0 Å². The Hall–Kier alpha value is -1.95. The Morgan fingerprint density at radius 3 is 2.95 bits per heavy atom. The highest BCUT2D eigenvalue weighted by atomic mass is 32.1. The fourth-order valence-electron chi connectivity index (χ4n) is 2.65. The van der Waals surface area contributed by atoms with Gasteiger partial charge in [-0.25, -0.2) is 4.98 Å². The zero-order chi connectivity index (χ0) is 14.8. The first-order chi connectivity index (χ1) is 10.2. The summed E-state index contributed by atoms with van der Waals surface area (Å²) in [6.45, 7) is 2.88. The van der Waals surface area contributed by atoms with E-state index in [0.717, 1.165) is 42.1 Å². The summed E-state index contributed by atoms with van der Waals surface area (Å²) >= 11 is 5.18. The van der Waals surface area contributed by atoms with Crippen molar-refractivity contribution < 1.29 is 0 Å². The predicted octanol–water partition coefficient (Wildman–Crippen LogP) is 2.55. The zero-order valence-electron chi connectivity index (χ0n) is 12.1. The van der Waals surface area contributed by atoms with E-state index in [4.69, 9.17) is 22.9 Å². The molecule has 3 rings (SSSR count). The van der Waals surface area contributed by atoms with Crippen LogP contribution in [-0.4, -0.2) is 19.8 Å². The smallest absolute Gasteiger partial charge is 0.141 e. The summed E-state index contributed by atoms with van der Waals surface area (Å²) in [6, 6.07) is 2.09. The lowest BCUT2D eigenvalue weighted by Crippen LogP contribution is -2.16. The number of nitrogens with one attached hydrogen (secondary N) is 1. The Labute approximate surface area is 129 Å². The van der Waals surface area contributed by atoms with Gasteiger partial charge in [-0.05, 0) is 44.2 Å². The van der Waals surface area contributed by atoms with Gasteiger partial charge in [0.25, 0.3) is 0 Å². The average molecular weight is 301 g/mol. The maximum absolute atomic E-state index is 5.86. The number of anilines is 2. The molecule has 2 aromatic rings. The molecule has 110 valence electrons. The first-order valence-electron chi connectivity index (χ1n) is 7.29. The minimum absolute atomic E-state index is 0.376. The first-order valence-corrected chi connectivity index (χ1v) is 7.70. The fourth-order valence-corrected chi connectivity index (χ4v) is 2.81. The van der Waals surface area contributed by atoms with Gasteiger partial charge in [0, 0.05) is 18.4 Å². The van der Waals surface area contributed by atoms with E-state index in [0.29, 0.717) is 4.99 Å². The van der Waals surface area contributed by atoms with E-state index in [1.54, 1.807) is 6.20 Å². The normalized spacial score (nSPS) is 13.8. The molecule has 6 heteroatoms. The molecular weight excluding hydrogens is 282 g/mol. The Balaban J connectivity index is 1.97. The lowest BCUT2D eigenvalue weighted by atomic mass is 9.94. The number of pyridine rings is 1. The molecule has 0 saturated heterocycles. The molecule has 0 amide bonds. The van der Waals surface area contributed by atoms with Gasteiger partial charge in [-0.2, -0.15) is 5.10 Å². The van der Waals surface area contributed by atoms with Gasteiger partial charge in [0.1, 0.15) is 10.8 Å². The van der Waals surface area contributed by atoms with Crippen molar-refractivity contribution in [1.29, 1.82) is 0 Å². The summed E-state index contributed by atoms with van der Waals surface area (Å²) in [5.74, 6) is 0.735. The van der Waals surface area contributed by atoms with E-state index >= 15 is 0 Å². The van der Waals surface area contributed by atoms with Crippen LogP contribution >= 0.6 is 12.2 Å². The maximum atomic E-state index is 5.86. The molecular formula is C15H19N5S. The summed E-state index contributed by atoms with van der Waals surface area (Å²) in [5.41, 5.74) is 10.0. The zero-order valence-corrected chi connectivity index (χ0v) is 12.9. The number of thiocarbonyl (C=S) groups is 1. The number of hydrogen-bond acceptors (Lipinski definition) is 4. The number of fused-ring (bicyclic) bond motifs is 1. The molecule has 3 N–H and O–H groups in total. The molecule has 21 heavy (non-hydrogen) atoms. The summed E-state index contributed by atoms with van der Waals surface area (Å²) in [4.78, 5) is 5.13. The topological polar surface area (TPSA) is 68.8 Å². The van der Waals surface area contributed by atoms with Crippen LogP contribution in [0, 0.1) is 0 Å². The summed E-state index contributed by atoms with van der Waals surface area (Å²) < 4.78 is 1.86. The van der Waals surface area contributed by atoms with Gasteiger partial charge in [0.2, 0.25) is 0 Å². The highest BCUT2D eigenvalue weighted by Gasteiger charge is 2.16. The highest BCUT2D eigenvalue weighted by molar-refractivity contribution is 7.80. The van der Waals surface area contributed by atoms with E-state index in [1.807, 2.05) is 17.8 Å². The van der Waals surface area contributed by atoms with Crippen molar-refractivity contribution in [3.63, 3.8) is 0 Å². The third kappa shape index (κ3) is 2.90. The van der Waals surface area contributed by atoms with Crippen molar-refractivity contribution >= 4 is 28.7 Å². The van der Waals surface area contributed by atoms with Gasteiger partial charge < -0.3 is 11.1 Å². The molecule has 0 atom stereocenters. The van der Waals surface area contributed by atoms with Crippen molar-refractivity contribution in [1.82, 2.24) is 14.8 Å². The number of hydrogen-bond donors (Lipinski definition) is 2. The molecule has 2 heterocycles. The van der Waals surface area contributed by atoms with Crippen LogP contribution in [0.25, 0.3) is 0 Å². The maximum Gasteiger partial charge on any atom is 0.141 e. The van der Waals surface area contributed by atoms with Gasteiger partial charge in [-0.15, -0.1) is 0 Å². The molecule has 5 nitrogen and oxygen atoms in total. The number of rotatable bonds is 4. The Morgan fingerprint density at radius 1 is 1.43 bits per heavy atom. The largest absolute Gasteiger partial charge is 0.389 e. The third-order valence-electron chi connectivity index (χ3n) is 3.79. The van der Waals surface area contributed by atoms with Crippen LogP contribution < -0.4 is 11.1 Å².